The number of rotatable bonds is 4. The number of carbonyl (C=O) groups excluding carboxylic acids is 1. The van der Waals surface area contributed by atoms with Crippen molar-refractivity contribution < 1.29 is 14.5 Å². The van der Waals surface area contributed by atoms with Crippen LogP contribution in [0.1, 0.15) is 22.2 Å². The standard InChI is InChI=1S/C14H14N2O4S/c1-3-20-14(17)13-11(15)7-12(21-13)9-4-8(2)5-10(6-9)16(18)19/h4-7H,3,15H2,1-2H3. The second-order valence-corrected chi connectivity index (χ2v) is 5.48. The van der Waals surface area contributed by atoms with Crippen molar-refractivity contribution in [3.05, 3.63) is 44.8 Å². The summed E-state index contributed by atoms with van der Waals surface area (Å²) in [6, 6.07) is 6.41. The molecule has 1 heterocycles. The number of nitrogen functional groups attached to an aromatic ring is 1. The van der Waals surface area contributed by atoms with Crippen molar-refractivity contribution in [3.63, 3.8) is 0 Å². The third-order valence-electron chi connectivity index (χ3n) is 2.78. The summed E-state index contributed by atoms with van der Waals surface area (Å²) >= 11 is 1.17. The number of nitrogens with zero attached hydrogens (tertiary/aromatic N) is 1. The Bertz CT molecular complexity index is 709. The molecule has 0 saturated heterocycles. The van der Waals surface area contributed by atoms with E-state index in [0.29, 0.717) is 21.0 Å². The molecule has 0 amide bonds. The first kappa shape index (κ1) is 15.0. The highest BCUT2D eigenvalue weighted by molar-refractivity contribution is 7.18. The zero-order valence-corrected chi connectivity index (χ0v) is 12.4. The van der Waals surface area contributed by atoms with Gasteiger partial charge in [0.2, 0.25) is 0 Å². The first-order chi connectivity index (χ1) is 9.92. The van der Waals surface area contributed by atoms with Gasteiger partial charge in [-0.15, -0.1) is 11.3 Å². The first-order valence-corrected chi connectivity index (χ1v) is 7.07. The van der Waals surface area contributed by atoms with Crippen LogP contribution < -0.4 is 5.73 Å². The van der Waals surface area contributed by atoms with E-state index in [4.69, 9.17) is 10.5 Å². The Labute approximate surface area is 125 Å². The number of non-ortho nitro benzene ring substituents is 1. The molecular weight excluding hydrogens is 292 g/mol. The summed E-state index contributed by atoms with van der Waals surface area (Å²) in [5.74, 6) is -0.478. The molecule has 2 aromatic rings. The third-order valence-corrected chi connectivity index (χ3v) is 3.96. The fraction of sp³-hybridized carbons (Fsp3) is 0.214. The highest BCUT2D eigenvalue weighted by Gasteiger charge is 2.18. The van der Waals surface area contributed by atoms with Crippen LogP contribution in [0.5, 0.6) is 0 Å². The van der Waals surface area contributed by atoms with Gasteiger partial charge in [0.1, 0.15) is 4.88 Å². The molecule has 0 saturated carbocycles. The molecule has 0 atom stereocenters. The van der Waals surface area contributed by atoms with Gasteiger partial charge in [0.25, 0.3) is 5.69 Å². The molecule has 1 aromatic heterocycles. The molecule has 0 spiro atoms. The van der Waals surface area contributed by atoms with Crippen molar-refractivity contribution in [1.29, 1.82) is 0 Å². The lowest BCUT2D eigenvalue weighted by molar-refractivity contribution is -0.384. The van der Waals surface area contributed by atoms with Gasteiger partial charge in [0, 0.05) is 17.0 Å². The van der Waals surface area contributed by atoms with Crippen LogP contribution in [0.15, 0.2) is 24.3 Å². The van der Waals surface area contributed by atoms with E-state index in [2.05, 4.69) is 0 Å². The van der Waals surface area contributed by atoms with Crippen LogP contribution in [0.25, 0.3) is 10.4 Å². The van der Waals surface area contributed by atoms with Crippen molar-refractivity contribution in [3.8, 4) is 10.4 Å². The lowest BCUT2D eigenvalue weighted by Gasteiger charge is -2.00. The number of aryl methyl sites for hydroxylation is 1. The van der Waals surface area contributed by atoms with Crippen LogP contribution >= 0.6 is 11.3 Å². The average Bonchev–Trinajstić information content (AvgIpc) is 2.80. The van der Waals surface area contributed by atoms with Crippen LogP contribution in [-0.2, 0) is 4.74 Å². The van der Waals surface area contributed by atoms with E-state index >= 15 is 0 Å². The van der Waals surface area contributed by atoms with Crippen LogP contribution in [0.3, 0.4) is 0 Å². The predicted molar refractivity (Wildman–Crippen MR) is 81.5 cm³/mol. The number of nitro benzene ring substituents is 1. The zero-order chi connectivity index (χ0) is 15.6. The van der Waals surface area contributed by atoms with E-state index in [1.54, 1.807) is 19.9 Å². The molecular formula is C14H14N2O4S. The van der Waals surface area contributed by atoms with Crippen molar-refractivity contribution in [2.75, 3.05) is 12.3 Å². The number of anilines is 1. The summed E-state index contributed by atoms with van der Waals surface area (Å²) in [5, 5.41) is 10.9. The SMILES string of the molecule is CCOC(=O)c1sc(-c2cc(C)cc([N+](=O)[O-])c2)cc1N. The van der Waals surface area contributed by atoms with Crippen molar-refractivity contribution in [2.45, 2.75) is 13.8 Å². The van der Waals surface area contributed by atoms with Gasteiger partial charge in [-0.3, -0.25) is 10.1 Å². The van der Waals surface area contributed by atoms with Gasteiger partial charge in [-0.2, -0.15) is 0 Å². The lowest BCUT2D eigenvalue weighted by Crippen LogP contribution is -2.04. The van der Waals surface area contributed by atoms with Crippen LogP contribution in [0, 0.1) is 17.0 Å². The molecule has 1 aromatic carbocycles. The number of hydrogen-bond donors (Lipinski definition) is 1. The van der Waals surface area contributed by atoms with Crippen molar-refractivity contribution >= 4 is 28.7 Å². The normalized spacial score (nSPS) is 10.4. The minimum Gasteiger partial charge on any atom is -0.462 e. The number of nitro groups is 1. The first-order valence-electron chi connectivity index (χ1n) is 6.25. The Morgan fingerprint density at radius 1 is 1.38 bits per heavy atom. The molecule has 0 aliphatic heterocycles. The summed E-state index contributed by atoms with van der Waals surface area (Å²) < 4.78 is 4.93. The fourth-order valence-corrected chi connectivity index (χ4v) is 2.87. The number of benzene rings is 1. The number of hydrogen-bond acceptors (Lipinski definition) is 6. The molecule has 0 fully saturated rings. The molecule has 7 heteroatoms. The van der Waals surface area contributed by atoms with Gasteiger partial charge in [-0.05, 0) is 31.0 Å². The van der Waals surface area contributed by atoms with E-state index in [9.17, 15) is 14.9 Å². The van der Waals surface area contributed by atoms with E-state index in [1.807, 2.05) is 6.07 Å². The maximum Gasteiger partial charge on any atom is 0.350 e. The second-order valence-electron chi connectivity index (χ2n) is 4.43. The molecule has 6 nitrogen and oxygen atoms in total. The summed E-state index contributed by atoms with van der Waals surface area (Å²) in [6.07, 6.45) is 0. The highest BCUT2D eigenvalue weighted by atomic mass is 32.1. The molecule has 2 rings (SSSR count). The summed E-state index contributed by atoms with van der Waals surface area (Å²) in [6.45, 7) is 3.76. The summed E-state index contributed by atoms with van der Waals surface area (Å²) in [7, 11) is 0. The minimum absolute atomic E-state index is 0.00894. The Morgan fingerprint density at radius 2 is 2.10 bits per heavy atom. The van der Waals surface area contributed by atoms with Gasteiger partial charge >= 0.3 is 5.97 Å². The Hall–Kier alpha value is -2.41. The van der Waals surface area contributed by atoms with E-state index in [-0.39, 0.29) is 12.3 Å². The molecule has 0 bridgehead atoms. The third kappa shape index (κ3) is 3.19. The number of thiophene rings is 1. The van der Waals surface area contributed by atoms with Gasteiger partial charge in [-0.25, -0.2) is 4.79 Å². The van der Waals surface area contributed by atoms with Gasteiger partial charge < -0.3 is 10.5 Å². The maximum absolute atomic E-state index is 11.8. The van der Waals surface area contributed by atoms with Crippen molar-refractivity contribution in [1.82, 2.24) is 0 Å². The number of carbonyl (C=O) groups is 1. The molecule has 21 heavy (non-hydrogen) atoms. The fourth-order valence-electron chi connectivity index (χ4n) is 1.91. The Balaban J connectivity index is 2.46. The molecule has 0 radical (unpaired) electrons. The van der Waals surface area contributed by atoms with Gasteiger partial charge in [0.05, 0.1) is 17.2 Å². The van der Waals surface area contributed by atoms with Gasteiger partial charge in [-0.1, -0.05) is 6.07 Å². The Morgan fingerprint density at radius 3 is 2.71 bits per heavy atom. The lowest BCUT2D eigenvalue weighted by atomic mass is 10.1. The largest absolute Gasteiger partial charge is 0.462 e. The topological polar surface area (TPSA) is 95.5 Å². The number of esters is 1. The monoisotopic (exact) mass is 306 g/mol. The van der Waals surface area contributed by atoms with Crippen molar-refractivity contribution in [2.24, 2.45) is 0 Å². The van der Waals surface area contributed by atoms with E-state index in [1.165, 1.54) is 23.5 Å². The smallest absolute Gasteiger partial charge is 0.350 e. The molecule has 110 valence electrons. The predicted octanol–water partition coefficient (Wildman–Crippen LogP) is 3.39. The highest BCUT2D eigenvalue weighted by Crippen LogP contribution is 2.35. The summed E-state index contributed by atoms with van der Waals surface area (Å²) in [4.78, 5) is 23.2. The van der Waals surface area contributed by atoms with Crippen LogP contribution in [0.2, 0.25) is 0 Å². The molecule has 0 unspecified atom stereocenters. The minimum atomic E-state index is -0.478. The second kappa shape index (κ2) is 5.92. The number of ether oxygens (including phenoxy) is 1. The molecule has 0 aliphatic carbocycles. The van der Waals surface area contributed by atoms with E-state index < -0.39 is 10.9 Å². The average molecular weight is 306 g/mol. The number of nitrogens with two attached hydrogens (primary N) is 1. The Kier molecular flexibility index (Phi) is 4.23. The molecule has 0 aliphatic rings. The van der Waals surface area contributed by atoms with Crippen LogP contribution in [0.4, 0.5) is 11.4 Å². The quantitative estimate of drug-likeness (QED) is 0.530. The van der Waals surface area contributed by atoms with E-state index in [0.717, 1.165) is 5.56 Å². The maximum atomic E-state index is 11.8. The zero-order valence-electron chi connectivity index (χ0n) is 11.6. The molecule has 2 N–H and O–H groups in total. The summed E-state index contributed by atoms with van der Waals surface area (Å²) in [5.41, 5.74) is 7.58. The van der Waals surface area contributed by atoms with Gasteiger partial charge in [0.15, 0.2) is 0 Å². The van der Waals surface area contributed by atoms with Crippen LogP contribution in [-0.4, -0.2) is 17.5 Å².